The average molecular weight is 388 g/mol. The van der Waals surface area contributed by atoms with E-state index in [1.165, 1.54) is 19.3 Å². The molecule has 0 saturated carbocycles. The van der Waals surface area contributed by atoms with E-state index in [1.54, 1.807) is 11.8 Å². The Morgan fingerprint density at radius 3 is 2.92 bits per heavy atom. The van der Waals surface area contributed by atoms with Gasteiger partial charge in [-0.15, -0.1) is 22.6 Å². The van der Waals surface area contributed by atoms with Crippen molar-refractivity contribution in [3.63, 3.8) is 0 Å². The highest BCUT2D eigenvalue weighted by Crippen LogP contribution is 2.28. The van der Waals surface area contributed by atoms with Crippen LogP contribution < -0.4 is 5.73 Å². The Morgan fingerprint density at radius 2 is 2.12 bits per heavy atom. The van der Waals surface area contributed by atoms with Crippen molar-refractivity contribution >= 4 is 30.1 Å². The number of carbonyl (C=O) groups excluding carboxylic acids is 1. The first-order chi connectivity index (χ1) is 11.7. The normalized spacial score (nSPS) is 21.8. The minimum absolute atomic E-state index is 0. The molecule has 2 aliphatic heterocycles. The van der Waals surface area contributed by atoms with Crippen molar-refractivity contribution in [1.29, 1.82) is 0 Å². The fourth-order valence-corrected chi connectivity index (χ4v) is 4.29. The van der Waals surface area contributed by atoms with Crippen molar-refractivity contribution < 1.29 is 4.79 Å². The SMILES string of the molecule is CSCCC(N)C(=O)N1CCCC(c2nnc3n2CCCCC3)C1.Cl. The van der Waals surface area contributed by atoms with Crippen LogP contribution in [-0.4, -0.2) is 56.7 Å². The Hall–Kier alpha value is -0.790. The maximum atomic E-state index is 12.6. The molecule has 1 aromatic heterocycles. The fourth-order valence-electron chi connectivity index (χ4n) is 3.80. The second kappa shape index (κ2) is 9.78. The smallest absolute Gasteiger partial charge is 0.239 e. The zero-order valence-electron chi connectivity index (χ0n) is 15.0. The van der Waals surface area contributed by atoms with E-state index in [0.717, 1.165) is 62.7 Å². The first-order valence-corrected chi connectivity index (χ1v) is 10.6. The van der Waals surface area contributed by atoms with E-state index in [-0.39, 0.29) is 24.4 Å². The number of aryl methyl sites for hydroxylation is 1. The van der Waals surface area contributed by atoms with E-state index in [4.69, 9.17) is 5.73 Å². The lowest BCUT2D eigenvalue weighted by atomic mass is 9.96. The number of halogens is 1. The first kappa shape index (κ1) is 20.5. The Kier molecular flexibility index (Phi) is 8.03. The van der Waals surface area contributed by atoms with Gasteiger partial charge in [0.15, 0.2) is 0 Å². The fraction of sp³-hybridized carbons (Fsp3) is 0.824. The van der Waals surface area contributed by atoms with Gasteiger partial charge in [-0.3, -0.25) is 4.79 Å². The Balaban J connectivity index is 0.00000225. The zero-order chi connectivity index (χ0) is 16.9. The summed E-state index contributed by atoms with van der Waals surface area (Å²) in [7, 11) is 0. The van der Waals surface area contributed by atoms with Crippen molar-refractivity contribution in [2.24, 2.45) is 5.73 Å². The van der Waals surface area contributed by atoms with Crippen molar-refractivity contribution in [3.8, 4) is 0 Å². The summed E-state index contributed by atoms with van der Waals surface area (Å²) in [6.07, 6.45) is 9.61. The number of thioether (sulfide) groups is 1. The summed E-state index contributed by atoms with van der Waals surface area (Å²) in [6, 6.07) is -0.369. The van der Waals surface area contributed by atoms with E-state index in [0.29, 0.717) is 5.92 Å². The molecule has 142 valence electrons. The lowest BCUT2D eigenvalue weighted by molar-refractivity contribution is -0.133. The number of likely N-dealkylation sites (tertiary alicyclic amines) is 1. The Bertz CT molecular complexity index is 567. The standard InChI is InChI=1S/C17H29N5OS.ClH/c1-24-11-8-14(18)17(23)21-9-5-6-13(12-21)16-20-19-15-7-3-2-4-10-22(15)16;/h13-14H,2-12,18H2,1H3;1H. The molecule has 2 N–H and O–H groups in total. The van der Waals surface area contributed by atoms with Gasteiger partial charge in [-0.05, 0) is 44.1 Å². The molecule has 0 aromatic carbocycles. The zero-order valence-corrected chi connectivity index (χ0v) is 16.7. The number of fused-ring (bicyclic) bond motifs is 1. The summed E-state index contributed by atoms with van der Waals surface area (Å²) < 4.78 is 2.32. The number of carbonyl (C=O) groups is 1. The van der Waals surface area contributed by atoms with E-state index >= 15 is 0 Å². The van der Waals surface area contributed by atoms with Crippen LogP contribution in [0.2, 0.25) is 0 Å². The highest BCUT2D eigenvalue weighted by atomic mass is 35.5. The van der Waals surface area contributed by atoms with Gasteiger partial charge in [0.2, 0.25) is 5.91 Å². The number of hydrogen-bond donors (Lipinski definition) is 1. The summed E-state index contributed by atoms with van der Waals surface area (Å²) in [5, 5.41) is 8.91. The van der Waals surface area contributed by atoms with E-state index in [9.17, 15) is 4.79 Å². The lowest BCUT2D eigenvalue weighted by Gasteiger charge is -2.34. The van der Waals surface area contributed by atoms with Gasteiger partial charge >= 0.3 is 0 Å². The van der Waals surface area contributed by atoms with Crippen LogP contribution in [0.4, 0.5) is 0 Å². The summed E-state index contributed by atoms with van der Waals surface area (Å²) in [6.45, 7) is 2.59. The van der Waals surface area contributed by atoms with Crippen molar-refractivity contribution in [2.75, 3.05) is 25.1 Å². The van der Waals surface area contributed by atoms with Crippen LogP contribution >= 0.6 is 24.2 Å². The number of aromatic nitrogens is 3. The van der Waals surface area contributed by atoms with Crippen molar-refractivity contribution in [3.05, 3.63) is 11.6 Å². The van der Waals surface area contributed by atoms with Crippen LogP contribution in [0.15, 0.2) is 0 Å². The molecule has 6 nitrogen and oxygen atoms in total. The van der Waals surface area contributed by atoms with E-state index in [1.807, 2.05) is 11.2 Å². The summed E-state index contributed by atoms with van der Waals surface area (Å²) >= 11 is 1.74. The summed E-state index contributed by atoms with van der Waals surface area (Å²) in [4.78, 5) is 14.6. The second-order valence-electron chi connectivity index (χ2n) is 6.95. The maximum Gasteiger partial charge on any atom is 0.239 e. The molecule has 0 radical (unpaired) electrons. The molecule has 1 fully saturated rings. The third-order valence-corrected chi connectivity index (χ3v) is 5.83. The second-order valence-corrected chi connectivity index (χ2v) is 7.93. The molecule has 1 aromatic rings. The van der Waals surface area contributed by atoms with Crippen LogP contribution in [0, 0.1) is 0 Å². The molecule has 0 spiro atoms. The lowest BCUT2D eigenvalue weighted by Crippen LogP contribution is -2.48. The minimum Gasteiger partial charge on any atom is -0.341 e. The number of hydrogen-bond acceptors (Lipinski definition) is 5. The molecule has 0 aliphatic carbocycles. The molecular formula is C17H30ClN5OS. The number of nitrogens with two attached hydrogens (primary N) is 1. The molecule has 2 aliphatic rings. The molecule has 1 amide bonds. The highest BCUT2D eigenvalue weighted by molar-refractivity contribution is 7.98. The number of rotatable bonds is 5. The molecule has 25 heavy (non-hydrogen) atoms. The highest BCUT2D eigenvalue weighted by Gasteiger charge is 2.31. The predicted octanol–water partition coefficient (Wildman–Crippen LogP) is 2.21. The van der Waals surface area contributed by atoms with Crippen LogP contribution in [-0.2, 0) is 17.8 Å². The molecule has 2 unspecified atom stereocenters. The van der Waals surface area contributed by atoms with Crippen LogP contribution in [0.5, 0.6) is 0 Å². The molecule has 0 bridgehead atoms. The van der Waals surface area contributed by atoms with Gasteiger partial charge in [-0.1, -0.05) is 6.42 Å². The van der Waals surface area contributed by atoms with Gasteiger partial charge in [0.05, 0.1) is 6.04 Å². The third-order valence-electron chi connectivity index (χ3n) is 5.19. The largest absolute Gasteiger partial charge is 0.341 e. The maximum absolute atomic E-state index is 12.6. The molecule has 3 heterocycles. The van der Waals surface area contributed by atoms with Crippen molar-refractivity contribution in [1.82, 2.24) is 19.7 Å². The molecule has 8 heteroatoms. The van der Waals surface area contributed by atoms with E-state index in [2.05, 4.69) is 14.8 Å². The molecule has 1 saturated heterocycles. The summed E-state index contributed by atoms with van der Waals surface area (Å²) in [5.74, 6) is 3.55. The monoisotopic (exact) mass is 387 g/mol. The number of amides is 1. The van der Waals surface area contributed by atoms with Crippen molar-refractivity contribution in [2.45, 2.75) is 63.5 Å². The van der Waals surface area contributed by atoms with Crippen LogP contribution in [0.25, 0.3) is 0 Å². The van der Waals surface area contributed by atoms with E-state index < -0.39 is 0 Å². The summed E-state index contributed by atoms with van der Waals surface area (Å²) in [5.41, 5.74) is 6.09. The molecular weight excluding hydrogens is 358 g/mol. The van der Waals surface area contributed by atoms with Crippen LogP contribution in [0.1, 0.15) is 56.1 Å². The molecule has 3 rings (SSSR count). The Morgan fingerprint density at radius 1 is 1.28 bits per heavy atom. The van der Waals surface area contributed by atoms with Gasteiger partial charge in [-0.2, -0.15) is 11.8 Å². The van der Waals surface area contributed by atoms with Gasteiger partial charge in [-0.25, -0.2) is 0 Å². The molecule has 2 atom stereocenters. The van der Waals surface area contributed by atoms with Gasteiger partial charge in [0.25, 0.3) is 0 Å². The quantitative estimate of drug-likeness (QED) is 0.838. The first-order valence-electron chi connectivity index (χ1n) is 9.16. The average Bonchev–Trinajstić information content (AvgIpc) is 2.87. The Labute approximate surface area is 160 Å². The van der Waals surface area contributed by atoms with Gasteiger partial charge < -0.3 is 15.2 Å². The van der Waals surface area contributed by atoms with Gasteiger partial charge in [0, 0.05) is 32.0 Å². The van der Waals surface area contributed by atoms with Gasteiger partial charge in [0.1, 0.15) is 11.6 Å². The minimum atomic E-state index is -0.369. The number of nitrogens with zero attached hydrogens (tertiary/aromatic N) is 4. The number of piperidine rings is 1. The predicted molar refractivity (Wildman–Crippen MR) is 104 cm³/mol. The topological polar surface area (TPSA) is 77.0 Å². The third kappa shape index (κ3) is 4.89. The van der Waals surface area contributed by atoms with Crippen LogP contribution in [0.3, 0.4) is 0 Å².